The fourth-order valence-electron chi connectivity index (χ4n) is 2.51. The van der Waals surface area contributed by atoms with E-state index in [4.69, 9.17) is 9.26 Å². The molecule has 6 heteroatoms. The Bertz CT molecular complexity index is 872. The van der Waals surface area contributed by atoms with Crippen LogP contribution in [0.2, 0.25) is 0 Å². The van der Waals surface area contributed by atoms with Crippen LogP contribution in [0.4, 0.5) is 5.69 Å². The summed E-state index contributed by atoms with van der Waals surface area (Å²) in [7, 11) is 0. The molecule has 0 aliphatic carbocycles. The van der Waals surface area contributed by atoms with E-state index in [0.29, 0.717) is 24.7 Å². The van der Waals surface area contributed by atoms with Gasteiger partial charge in [-0.05, 0) is 55.8 Å². The normalized spacial score (nSPS) is 10.5. The third-order valence-corrected chi connectivity index (χ3v) is 3.76. The SMILES string of the molecule is CCOc1ccc(-c2noc(CCC(=O)Nc3cccc(C)c3)n2)cc1. The van der Waals surface area contributed by atoms with Crippen LogP contribution in [-0.2, 0) is 11.2 Å². The highest BCUT2D eigenvalue weighted by Gasteiger charge is 2.11. The van der Waals surface area contributed by atoms with Gasteiger partial charge in [0.2, 0.25) is 17.6 Å². The van der Waals surface area contributed by atoms with Crippen LogP contribution in [0.25, 0.3) is 11.4 Å². The number of aryl methyl sites for hydroxylation is 2. The van der Waals surface area contributed by atoms with E-state index in [1.807, 2.05) is 62.4 Å². The summed E-state index contributed by atoms with van der Waals surface area (Å²) >= 11 is 0. The molecule has 1 aromatic heterocycles. The molecule has 2 aromatic carbocycles. The summed E-state index contributed by atoms with van der Waals surface area (Å²) in [6.45, 7) is 4.54. The number of carbonyl (C=O) groups is 1. The first kappa shape index (κ1) is 17.7. The number of ether oxygens (including phenoxy) is 1. The van der Waals surface area contributed by atoms with Crippen LogP contribution in [0.1, 0.15) is 24.8 Å². The summed E-state index contributed by atoms with van der Waals surface area (Å²) in [5.74, 6) is 1.65. The Morgan fingerprint density at radius 2 is 2.00 bits per heavy atom. The summed E-state index contributed by atoms with van der Waals surface area (Å²) in [6, 6.07) is 15.2. The molecule has 134 valence electrons. The maximum atomic E-state index is 12.1. The number of carbonyl (C=O) groups excluding carboxylic acids is 1. The Labute approximate surface area is 152 Å². The molecule has 0 atom stereocenters. The van der Waals surface area contributed by atoms with E-state index in [2.05, 4.69) is 15.5 Å². The molecule has 0 saturated heterocycles. The fourth-order valence-corrected chi connectivity index (χ4v) is 2.51. The van der Waals surface area contributed by atoms with Gasteiger partial charge in [-0.3, -0.25) is 4.79 Å². The van der Waals surface area contributed by atoms with Crippen molar-refractivity contribution in [3.8, 4) is 17.1 Å². The van der Waals surface area contributed by atoms with Crippen molar-refractivity contribution < 1.29 is 14.1 Å². The zero-order chi connectivity index (χ0) is 18.4. The van der Waals surface area contributed by atoms with Crippen molar-refractivity contribution in [1.29, 1.82) is 0 Å². The van der Waals surface area contributed by atoms with Crippen LogP contribution < -0.4 is 10.1 Å². The third-order valence-electron chi connectivity index (χ3n) is 3.76. The lowest BCUT2D eigenvalue weighted by Crippen LogP contribution is -2.12. The number of hydrogen-bond acceptors (Lipinski definition) is 5. The molecule has 0 spiro atoms. The number of benzene rings is 2. The second kappa shape index (κ2) is 8.29. The average Bonchev–Trinajstić information content (AvgIpc) is 3.10. The number of nitrogens with one attached hydrogen (secondary N) is 1. The molecule has 26 heavy (non-hydrogen) atoms. The first-order chi connectivity index (χ1) is 12.6. The maximum Gasteiger partial charge on any atom is 0.227 e. The van der Waals surface area contributed by atoms with Crippen molar-refractivity contribution in [3.05, 3.63) is 60.0 Å². The summed E-state index contributed by atoms with van der Waals surface area (Å²) in [6.07, 6.45) is 0.667. The molecule has 0 aliphatic heterocycles. The Morgan fingerprint density at radius 1 is 1.19 bits per heavy atom. The minimum absolute atomic E-state index is 0.0867. The average molecular weight is 351 g/mol. The molecule has 0 unspecified atom stereocenters. The van der Waals surface area contributed by atoms with Crippen molar-refractivity contribution in [2.24, 2.45) is 0 Å². The van der Waals surface area contributed by atoms with Gasteiger partial charge < -0.3 is 14.6 Å². The maximum absolute atomic E-state index is 12.1. The molecule has 6 nitrogen and oxygen atoms in total. The molecule has 3 aromatic rings. The predicted molar refractivity (Wildman–Crippen MR) is 99.0 cm³/mol. The van der Waals surface area contributed by atoms with Crippen molar-refractivity contribution in [2.75, 3.05) is 11.9 Å². The van der Waals surface area contributed by atoms with Crippen molar-refractivity contribution in [1.82, 2.24) is 10.1 Å². The van der Waals surface area contributed by atoms with Crippen LogP contribution in [0.15, 0.2) is 53.1 Å². The lowest BCUT2D eigenvalue weighted by Gasteiger charge is -2.04. The number of amides is 1. The van der Waals surface area contributed by atoms with E-state index in [1.165, 1.54) is 0 Å². The quantitative estimate of drug-likeness (QED) is 0.696. The van der Waals surface area contributed by atoms with E-state index >= 15 is 0 Å². The van der Waals surface area contributed by atoms with Gasteiger partial charge in [0.25, 0.3) is 0 Å². The van der Waals surface area contributed by atoms with Crippen LogP contribution in [0.5, 0.6) is 5.75 Å². The number of rotatable bonds is 7. The molecule has 0 fully saturated rings. The standard InChI is InChI=1S/C20H21N3O3/c1-3-25-17-9-7-15(8-10-17)20-22-19(26-23-20)12-11-18(24)21-16-6-4-5-14(2)13-16/h4-10,13H,3,11-12H2,1-2H3,(H,21,24). The molecule has 3 rings (SSSR count). The predicted octanol–water partition coefficient (Wildman–Crippen LogP) is 4.02. The summed E-state index contributed by atoms with van der Waals surface area (Å²) in [4.78, 5) is 16.4. The van der Waals surface area contributed by atoms with E-state index < -0.39 is 0 Å². The van der Waals surface area contributed by atoms with Gasteiger partial charge in [0.15, 0.2) is 0 Å². The molecule has 0 aliphatic rings. The first-order valence-electron chi connectivity index (χ1n) is 8.56. The largest absolute Gasteiger partial charge is 0.494 e. The third kappa shape index (κ3) is 4.69. The smallest absolute Gasteiger partial charge is 0.227 e. The Balaban J connectivity index is 1.55. The van der Waals surface area contributed by atoms with E-state index in [1.54, 1.807) is 0 Å². The Hall–Kier alpha value is -3.15. The van der Waals surface area contributed by atoms with Crippen LogP contribution >= 0.6 is 0 Å². The number of hydrogen-bond donors (Lipinski definition) is 1. The van der Waals surface area contributed by atoms with Gasteiger partial charge in [-0.2, -0.15) is 4.98 Å². The minimum atomic E-state index is -0.0867. The summed E-state index contributed by atoms with van der Waals surface area (Å²) in [5, 5.41) is 6.84. The molecule has 1 amide bonds. The molecule has 0 bridgehead atoms. The lowest BCUT2D eigenvalue weighted by molar-refractivity contribution is -0.116. The zero-order valence-corrected chi connectivity index (χ0v) is 14.9. The number of aromatic nitrogens is 2. The summed E-state index contributed by atoms with van der Waals surface area (Å²) < 4.78 is 10.7. The molecule has 0 saturated carbocycles. The van der Waals surface area contributed by atoms with Gasteiger partial charge in [0.1, 0.15) is 5.75 Å². The molecule has 1 heterocycles. The Morgan fingerprint density at radius 3 is 2.73 bits per heavy atom. The van der Waals surface area contributed by atoms with Crippen LogP contribution in [-0.4, -0.2) is 22.7 Å². The first-order valence-corrected chi connectivity index (χ1v) is 8.56. The number of nitrogens with zero attached hydrogens (tertiary/aromatic N) is 2. The van der Waals surface area contributed by atoms with Gasteiger partial charge >= 0.3 is 0 Å². The second-order valence-electron chi connectivity index (χ2n) is 5.89. The zero-order valence-electron chi connectivity index (χ0n) is 14.9. The van der Waals surface area contributed by atoms with Crippen molar-refractivity contribution in [2.45, 2.75) is 26.7 Å². The highest BCUT2D eigenvalue weighted by atomic mass is 16.5. The summed E-state index contributed by atoms with van der Waals surface area (Å²) in [5.41, 5.74) is 2.72. The van der Waals surface area contributed by atoms with Crippen LogP contribution in [0, 0.1) is 6.92 Å². The van der Waals surface area contributed by atoms with E-state index in [-0.39, 0.29) is 12.3 Å². The lowest BCUT2D eigenvalue weighted by atomic mass is 10.2. The van der Waals surface area contributed by atoms with Crippen molar-refractivity contribution >= 4 is 11.6 Å². The number of anilines is 1. The van der Waals surface area contributed by atoms with Gasteiger partial charge in [0.05, 0.1) is 6.61 Å². The fraction of sp³-hybridized carbons (Fsp3) is 0.250. The highest BCUT2D eigenvalue weighted by molar-refractivity contribution is 5.90. The van der Waals surface area contributed by atoms with Crippen LogP contribution in [0.3, 0.4) is 0 Å². The van der Waals surface area contributed by atoms with Gasteiger partial charge in [-0.1, -0.05) is 17.3 Å². The van der Waals surface area contributed by atoms with E-state index in [0.717, 1.165) is 22.6 Å². The highest BCUT2D eigenvalue weighted by Crippen LogP contribution is 2.20. The molecule has 0 radical (unpaired) electrons. The Kier molecular flexibility index (Phi) is 5.63. The van der Waals surface area contributed by atoms with Crippen molar-refractivity contribution in [3.63, 3.8) is 0 Å². The van der Waals surface area contributed by atoms with Gasteiger partial charge in [-0.25, -0.2) is 0 Å². The van der Waals surface area contributed by atoms with Gasteiger partial charge in [0, 0.05) is 24.1 Å². The molecule has 1 N–H and O–H groups in total. The molecular weight excluding hydrogens is 330 g/mol. The monoisotopic (exact) mass is 351 g/mol. The van der Waals surface area contributed by atoms with E-state index in [9.17, 15) is 4.79 Å². The molecular formula is C20H21N3O3. The second-order valence-corrected chi connectivity index (χ2v) is 5.89. The van der Waals surface area contributed by atoms with Gasteiger partial charge in [-0.15, -0.1) is 0 Å². The minimum Gasteiger partial charge on any atom is -0.494 e. The topological polar surface area (TPSA) is 77.2 Å².